The maximum absolute atomic E-state index is 2.42. The Morgan fingerprint density at radius 1 is 0.259 bits per heavy atom. The molecule has 10 aromatic rings. The smallest absolute Gasteiger partial charge is 0.0468 e. The molecule has 0 atom stereocenters. The molecule has 58 heavy (non-hydrogen) atoms. The molecule has 0 unspecified atom stereocenters. The number of para-hydroxylation sites is 3. The van der Waals surface area contributed by atoms with Crippen molar-refractivity contribution < 1.29 is 0 Å². The summed E-state index contributed by atoms with van der Waals surface area (Å²) in [4.78, 5) is 4.75. The highest BCUT2D eigenvalue weighted by Crippen LogP contribution is 2.48. The van der Waals surface area contributed by atoms with Gasteiger partial charge in [0.2, 0.25) is 0 Å². The maximum Gasteiger partial charge on any atom is 0.0468 e. The van der Waals surface area contributed by atoms with Crippen LogP contribution in [0.15, 0.2) is 218 Å². The van der Waals surface area contributed by atoms with Gasteiger partial charge in [0, 0.05) is 34.1 Å². The summed E-state index contributed by atoms with van der Waals surface area (Å²) in [5.41, 5.74) is 14.0. The van der Waals surface area contributed by atoms with E-state index in [1.54, 1.807) is 0 Å². The zero-order valence-corrected chi connectivity index (χ0v) is 32.7. The molecule has 0 aliphatic heterocycles. The molecule has 0 bridgehead atoms. The first kappa shape index (κ1) is 35.0. The van der Waals surface area contributed by atoms with Crippen molar-refractivity contribution in [3.05, 3.63) is 230 Å². The third kappa shape index (κ3) is 6.45. The SMILES string of the molecule is Cc1cc(C)cc(-c2c3ccc(N(c4ccccc4)c4ccc5ccccc5c4)cc3c(-c3ccccc3)c3ccc(N(c4ccccc4)c4ccccc4)cc23)c1. The summed E-state index contributed by atoms with van der Waals surface area (Å²) < 4.78 is 0. The molecule has 276 valence electrons. The van der Waals surface area contributed by atoms with Gasteiger partial charge in [-0.2, -0.15) is 0 Å². The van der Waals surface area contributed by atoms with Crippen molar-refractivity contribution in [2.45, 2.75) is 13.8 Å². The highest BCUT2D eigenvalue weighted by molar-refractivity contribution is 6.22. The first-order chi connectivity index (χ1) is 28.6. The third-order valence-electron chi connectivity index (χ3n) is 11.2. The Morgan fingerprint density at radius 2 is 0.655 bits per heavy atom. The molecular weight excluding hydrogens is 701 g/mol. The summed E-state index contributed by atoms with van der Waals surface area (Å²) >= 11 is 0. The van der Waals surface area contributed by atoms with Gasteiger partial charge in [0.15, 0.2) is 0 Å². The van der Waals surface area contributed by atoms with Crippen LogP contribution in [0.5, 0.6) is 0 Å². The lowest BCUT2D eigenvalue weighted by Crippen LogP contribution is -2.10. The van der Waals surface area contributed by atoms with Gasteiger partial charge in [-0.25, -0.2) is 0 Å². The topological polar surface area (TPSA) is 6.48 Å². The molecule has 0 saturated carbocycles. The van der Waals surface area contributed by atoms with Crippen molar-refractivity contribution >= 4 is 66.4 Å². The van der Waals surface area contributed by atoms with Crippen LogP contribution in [0.3, 0.4) is 0 Å². The van der Waals surface area contributed by atoms with E-state index in [0.29, 0.717) is 0 Å². The molecule has 10 aromatic carbocycles. The van der Waals surface area contributed by atoms with Crippen molar-refractivity contribution in [3.8, 4) is 22.3 Å². The molecule has 0 radical (unpaired) electrons. The van der Waals surface area contributed by atoms with Gasteiger partial charge < -0.3 is 9.80 Å². The monoisotopic (exact) mass is 742 g/mol. The van der Waals surface area contributed by atoms with Crippen LogP contribution in [0, 0.1) is 13.8 Å². The van der Waals surface area contributed by atoms with Crippen molar-refractivity contribution in [2.24, 2.45) is 0 Å². The fourth-order valence-electron chi connectivity index (χ4n) is 8.77. The summed E-state index contributed by atoms with van der Waals surface area (Å²) in [6.07, 6.45) is 0. The molecule has 0 heterocycles. The quantitative estimate of drug-likeness (QED) is 0.143. The number of fused-ring (bicyclic) bond motifs is 3. The molecule has 10 rings (SSSR count). The van der Waals surface area contributed by atoms with Gasteiger partial charge in [-0.1, -0.05) is 157 Å². The number of anilines is 6. The van der Waals surface area contributed by atoms with E-state index in [-0.39, 0.29) is 0 Å². The minimum atomic E-state index is 1.10. The van der Waals surface area contributed by atoms with E-state index in [1.807, 2.05) is 0 Å². The van der Waals surface area contributed by atoms with E-state index in [4.69, 9.17) is 0 Å². The minimum Gasteiger partial charge on any atom is -0.310 e. The Morgan fingerprint density at radius 3 is 1.17 bits per heavy atom. The molecular formula is C56H42N2. The van der Waals surface area contributed by atoms with Gasteiger partial charge in [-0.15, -0.1) is 0 Å². The average molecular weight is 743 g/mol. The van der Waals surface area contributed by atoms with Crippen LogP contribution in [0.25, 0.3) is 54.6 Å². The predicted molar refractivity (Wildman–Crippen MR) is 249 cm³/mol. The first-order valence-electron chi connectivity index (χ1n) is 20.0. The van der Waals surface area contributed by atoms with Gasteiger partial charge >= 0.3 is 0 Å². The lowest BCUT2D eigenvalue weighted by molar-refractivity contribution is 1.29. The molecule has 2 nitrogen and oxygen atoms in total. The molecule has 0 saturated heterocycles. The maximum atomic E-state index is 2.42. The second-order valence-corrected chi connectivity index (χ2v) is 15.2. The number of hydrogen-bond acceptors (Lipinski definition) is 2. The Bertz CT molecular complexity index is 3010. The lowest BCUT2D eigenvalue weighted by atomic mass is 9.84. The van der Waals surface area contributed by atoms with Crippen LogP contribution in [-0.4, -0.2) is 0 Å². The zero-order valence-electron chi connectivity index (χ0n) is 32.7. The van der Waals surface area contributed by atoms with Crippen molar-refractivity contribution in [3.63, 3.8) is 0 Å². The zero-order chi connectivity index (χ0) is 39.0. The largest absolute Gasteiger partial charge is 0.310 e. The summed E-state index contributed by atoms with van der Waals surface area (Å²) in [6, 6.07) is 79.5. The van der Waals surface area contributed by atoms with Gasteiger partial charge in [-0.3, -0.25) is 0 Å². The van der Waals surface area contributed by atoms with Crippen LogP contribution >= 0.6 is 0 Å². The molecule has 0 aliphatic carbocycles. The number of rotatable bonds is 8. The van der Waals surface area contributed by atoms with Crippen molar-refractivity contribution in [1.82, 2.24) is 0 Å². The number of aryl methyl sites for hydroxylation is 2. The minimum absolute atomic E-state index is 1.10. The summed E-state index contributed by atoms with van der Waals surface area (Å²) in [5.74, 6) is 0. The summed E-state index contributed by atoms with van der Waals surface area (Å²) in [7, 11) is 0. The van der Waals surface area contributed by atoms with E-state index in [9.17, 15) is 0 Å². The number of nitrogens with zero attached hydrogens (tertiary/aromatic N) is 2. The number of hydrogen-bond donors (Lipinski definition) is 0. The standard InChI is InChI=1S/C56H42N2/c1-39-33-40(2)35-44(34-39)56-52-32-30-50(58(47-25-13-6-14-26-47)48-28-27-41-17-15-16-20-43(41)36-48)38-53(52)55(42-18-7-3-8-19-42)51-31-29-49(37-54(51)56)57(45-21-9-4-10-22-45)46-23-11-5-12-24-46/h3-38H,1-2H3. The van der Waals surface area contributed by atoms with Crippen LogP contribution < -0.4 is 9.80 Å². The molecule has 0 fully saturated rings. The second-order valence-electron chi connectivity index (χ2n) is 15.2. The van der Waals surface area contributed by atoms with Crippen LogP contribution in [0.1, 0.15) is 11.1 Å². The highest BCUT2D eigenvalue weighted by Gasteiger charge is 2.22. The molecule has 0 N–H and O–H groups in total. The van der Waals surface area contributed by atoms with E-state index in [2.05, 4.69) is 242 Å². The van der Waals surface area contributed by atoms with Crippen LogP contribution in [-0.2, 0) is 0 Å². The van der Waals surface area contributed by atoms with Gasteiger partial charge in [0.05, 0.1) is 0 Å². The number of benzene rings is 10. The summed E-state index contributed by atoms with van der Waals surface area (Å²) in [6.45, 7) is 4.41. The van der Waals surface area contributed by atoms with E-state index in [1.165, 1.54) is 65.7 Å². The molecule has 0 amide bonds. The second kappa shape index (κ2) is 14.9. The van der Waals surface area contributed by atoms with E-state index < -0.39 is 0 Å². The highest BCUT2D eigenvalue weighted by atomic mass is 15.1. The molecule has 0 aliphatic rings. The van der Waals surface area contributed by atoms with E-state index >= 15 is 0 Å². The normalized spacial score (nSPS) is 11.3. The Kier molecular flexibility index (Phi) is 9.01. The van der Waals surface area contributed by atoms with E-state index in [0.717, 1.165) is 34.1 Å². The van der Waals surface area contributed by atoms with Crippen molar-refractivity contribution in [1.29, 1.82) is 0 Å². The lowest BCUT2D eigenvalue weighted by Gasteiger charge is -2.28. The fourth-order valence-corrected chi connectivity index (χ4v) is 8.77. The van der Waals surface area contributed by atoms with Gasteiger partial charge in [0.1, 0.15) is 0 Å². The Balaban J connectivity index is 1.30. The summed E-state index contributed by atoms with van der Waals surface area (Å²) in [5, 5.41) is 7.30. The molecule has 2 heteroatoms. The molecule has 0 aromatic heterocycles. The predicted octanol–water partition coefficient (Wildman–Crippen LogP) is 16.0. The Labute approximate surface area is 340 Å². The third-order valence-corrected chi connectivity index (χ3v) is 11.2. The van der Waals surface area contributed by atoms with Gasteiger partial charge in [-0.05, 0) is 141 Å². The van der Waals surface area contributed by atoms with Gasteiger partial charge in [0.25, 0.3) is 0 Å². The van der Waals surface area contributed by atoms with Crippen molar-refractivity contribution in [2.75, 3.05) is 9.80 Å². The fraction of sp³-hybridized carbons (Fsp3) is 0.0357. The Hall–Kier alpha value is -7.42. The first-order valence-corrected chi connectivity index (χ1v) is 20.0. The van der Waals surface area contributed by atoms with Crippen LogP contribution in [0.4, 0.5) is 34.1 Å². The average Bonchev–Trinajstić information content (AvgIpc) is 3.27. The van der Waals surface area contributed by atoms with Crippen LogP contribution in [0.2, 0.25) is 0 Å². The molecule has 0 spiro atoms.